The van der Waals surface area contributed by atoms with Crippen molar-refractivity contribution in [3.63, 3.8) is 0 Å². The largest absolute Gasteiger partial charge is 2.00 e. The van der Waals surface area contributed by atoms with E-state index in [1.165, 1.54) is 9.80 Å². The molecule has 0 saturated heterocycles. The average molecular weight is 739 g/mol. The first kappa shape index (κ1) is 45.1. The van der Waals surface area contributed by atoms with Gasteiger partial charge in [-0.15, -0.1) is 0 Å². The summed E-state index contributed by atoms with van der Waals surface area (Å²) in [5.41, 5.74) is 3.45. The number of anilines is 2. The number of alkyl halides is 6. The van der Waals surface area contributed by atoms with E-state index < -0.39 is 88.7 Å². The third kappa shape index (κ3) is 11.0. The summed E-state index contributed by atoms with van der Waals surface area (Å²) in [4.78, 5) is 43.1. The maximum atomic E-state index is 13.0. The Balaban J connectivity index is 0.000000922. The van der Waals surface area contributed by atoms with E-state index in [2.05, 4.69) is 0 Å². The van der Waals surface area contributed by atoms with Crippen LogP contribution in [0.3, 0.4) is 0 Å². The van der Waals surface area contributed by atoms with Crippen molar-refractivity contribution in [3.8, 4) is 0 Å². The van der Waals surface area contributed by atoms with Crippen LogP contribution in [0, 0.1) is 40.5 Å². The Kier molecular flexibility index (Phi) is 17.2. The minimum atomic E-state index is -5.11. The molecule has 0 aliphatic rings. The molecule has 2 aromatic rings. The van der Waals surface area contributed by atoms with Gasteiger partial charge < -0.3 is 21.3 Å². The fourth-order valence-corrected chi connectivity index (χ4v) is 4.74. The zero-order valence-electron chi connectivity index (χ0n) is 26.7. The van der Waals surface area contributed by atoms with E-state index in [0.29, 0.717) is 25.7 Å². The topological polar surface area (TPSA) is 227 Å². The van der Waals surface area contributed by atoms with Crippen molar-refractivity contribution in [3.05, 3.63) is 75.2 Å². The second-order valence-electron chi connectivity index (χ2n) is 10.0. The number of rotatable bonds is 14. The molecule has 0 amide bonds. The maximum Gasteiger partial charge on any atom is 2.00 e. The summed E-state index contributed by atoms with van der Waals surface area (Å²) in [6.07, 6.45) is -8.31. The Labute approximate surface area is 305 Å². The fraction of sp³-hybridized carbons (Fsp3) is 0.538. The molecule has 0 heterocycles. The molecule has 49 heavy (non-hydrogen) atoms. The van der Waals surface area contributed by atoms with Crippen molar-refractivity contribution in [1.29, 1.82) is 0 Å². The summed E-state index contributed by atoms with van der Waals surface area (Å²) in [5, 5.41) is 45.0. The molecule has 23 heteroatoms. The van der Waals surface area contributed by atoms with Gasteiger partial charge in [-0.2, -0.15) is 26.3 Å². The summed E-state index contributed by atoms with van der Waals surface area (Å²) < 4.78 is 77.9. The van der Waals surface area contributed by atoms with Crippen molar-refractivity contribution in [2.24, 2.45) is 0 Å². The first-order chi connectivity index (χ1) is 22.1. The molecular weight excluding hydrogens is 706 g/mol. The van der Waals surface area contributed by atoms with E-state index in [9.17, 15) is 66.8 Å². The molecule has 2 aromatic carbocycles. The second-order valence-corrected chi connectivity index (χ2v) is 10.0. The Morgan fingerprint density at radius 3 is 0.980 bits per heavy atom. The molecule has 0 aromatic heterocycles. The number of benzene rings is 2. The van der Waals surface area contributed by atoms with Crippen molar-refractivity contribution in [2.45, 2.75) is 65.7 Å². The number of nitrogens with one attached hydrogen (secondary N) is 2. The van der Waals surface area contributed by atoms with Gasteiger partial charge in [-0.05, 0) is 37.1 Å². The summed E-state index contributed by atoms with van der Waals surface area (Å²) in [6, 6.07) is 0.395. The molecule has 0 radical (unpaired) electrons. The van der Waals surface area contributed by atoms with E-state index in [0.717, 1.165) is 0 Å². The Morgan fingerprint density at radius 1 is 0.571 bits per heavy atom. The Morgan fingerprint density at radius 2 is 0.816 bits per heavy atom. The smallest absolute Gasteiger partial charge is 0.693 e. The van der Waals surface area contributed by atoms with Crippen LogP contribution in [-0.2, 0) is 12.4 Å². The predicted molar refractivity (Wildman–Crippen MR) is 169 cm³/mol. The zero-order chi connectivity index (χ0) is 37.3. The van der Waals surface area contributed by atoms with Crippen molar-refractivity contribution in [2.75, 3.05) is 36.0 Å². The van der Waals surface area contributed by atoms with E-state index >= 15 is 0 Å². The Bertz CT molecular complexity index is 1400. The van der Waals surface area contributed by atoms with Gasteiger partial charge in [0, 0.05) is 38.3 Å². The number of nitro groups is 4. The predicted octanol–water partition coefficient (Wildman–Crippen LogP) is 9.28. The van der Waals surface area contributed by atoms with E-state index in [1.54, 1.807) is 27.7 Å². The maximum absolute atomic E-state index is 13.0. The number of hydrogen-bond acceptors (Lipinski definition) is 10. The van der Waals surface area contributed by atoms with Gasteiger partial charge in [-0.1, -0.05) is 27.7 Å². The van der Waals surface area contributed by atoms with Crippen LogP contribution < -0.4 is 9.80 Å². The average Bonchev–Trinajstić information content (AvgIpc) is 2.94. The molecule has 2 N–H and O–H groups in total. The molecule has 0 aliphatic heterocycles. The first-order valence-electron chi connectivity index (χ1n) is 14.2. The van der Waals surface area contributed by atoms with Crippen molar-refractivity contribution < 1.29 is 46.0 Å². The van der Waals surface area contributed by atoms with Crippen molar-refractivity contribution >= 4 is 83.2 Å². The van der Waals surface area contributed by atoms with Crippen molar-refractivity contribution in [1.82, 2.24) is 0 Å². The van der Waals surface area contributed by atoms with E-state index in [4.69, 9.17) is 11.5 Å². The second kappa shape index (κ2) is 18.7. The van der Waals surface area contributed by atoms with Gasteiger partial charge in [-0.3, -0.25) is 40.5 Å². The molecule has 2 rings (SSSR count). The van der Waals surface area contributed by atoms with Crippen LogP contribution in [0.2, 0.25) is 0 Å². The minimum absolute atomic E-state index is 0. The molecular formula is C26H32CaF6N8O8. The third-order valence-electron chi connectivity index (χ3n) is 6.48. The molecule has 16 nitrogen and oxygen atoms in total. The number of nitro benzene ring substituents is 4. The summed E-state index contributed by atoms with van der Waals surface area (Å²) in [6.45, 7) is 7.64. The number of halogens is 6. The minimum Gasteiger partial charge on any atom is -0.693 e. The van der Waals surface area contributed by atoms with Gasteiger partial charge in [0.1, 0.15) is 0 Å². The molecule has 0 atom stereocenters. The van der Waals surface area contributed by atoms with Crippen LogP contribution in [0.4, 0.5) is 71.8 Å². The third-order valence-corrected chi connectivity index (χ3v) is 6.48. The molecule has 268 valence electrons. The normalized spacial score (nSPS) is 11.1. The van der Waals surface area contributed by atoms with Gasteiger partial charge in [0.15, 0.2) is 11.4 Å². The number of nitrogens with zero attached hydrogens (tertiary/aromatic N) is 6. The van der Waals surface area contributed by atoms with Gasteiger partial charge in [0.25, 0.3) is 22.7 Å². The fourth-order valence-electron chi connectivity index (χ4n) is 4.74. The van der Waals surface area contributed by atoms with Gasteiger partial charge in [0.05, 0.1) is 30.8 Å². The molecule has 0 fully saturated rings. The summed E-state index contributed by atoms with van der Waals surface area (Å²) in [7, 11) is 0. The van der Waals surface area contributed by atoms with E-state index in [1.807, 2.05) is 0 Å². The van der Waals surface area contributed by atoms with Crippen LogP contribution in [-0.4, -0.2) is 83.6 Å². The van der Waals surface area contributed by atoms with E-state index in [-0.39, 0.29) is 76.0 Å². The van der Waals surface area contributed by atoms with Gasteiger partial charge in [0.2, 0.25) is 0 Å². The molecule has 0 unspecified atom stereocenters. The summed E-state index contributed by atoms with van der Waals surface area (Å²) >= 11 is 0. The molecule has 0 saturated carbocycles. The molecule has 0 spiro atoms. The molecule has 0 bridgehead atoms. The van der Waals surface area contributed by atoms with Crippen LogP contribution in [0.25, 0.3) is 11.5 Å². The summed E-state index contributed by atoms with van der Waals surface area (Å²) in [5.74, 6) is 0. The van der Waals surface area contributed by atoms with Gasteiger partial charge in [-0.25, -0.2) is 0 Å². The molecule has 0 aliphatic carbocycles. The Hall–Kier alpha value is -3.92. The SMILES string of the molecule is CCCN(CCC)c1c([N+](=O)[O-])cc(C(F)(F)F)c([NH-])c1[N+](=O)[O-].CCCN(CCC)c1c([N+](=O)[O-])cc(C(F)(F)F)c([NH-])c1[N+](=O)[O-].[Ca+2]. The van der Waals surface area contributed by atoms with Crippen LogP contribution in [0.15, 0.2) is 12.1 Å². The van der Waals surface area contributed by atoms with Gasteiger partial charge >= 0.3 is 50.1 Å². The quantitative estimate of drug-likeness (QED) is 0.0772. The van der Waals surface area contributed by atoms with Crippen LogP contribution >= 0.6 is 0 Å². The number of hydrogen-bond donors (Lipinski definition) is 0. The van der Waals surface area contributed by atoms with Crippen LogP contribution in [0.5, 0.6) is 0 Å². The monoisotopic (exact) mass is 738 g/mol. The standard InChI is InChI=1S/2C13H16F3N4O4.Ca/c2*1-3-5-18(6-4-2)11-9(19(21)22)7-8(13(14,15)16)10(17)12(11)20(23)24;/h2*7,17H,3-6H2,1-2H3;/q2*-1;+2. The first-order valence-corrected chi connectivity index (χ1v) is 14.2. The zero-order valence-corrected chi connectivity index (χ0v) is 28.9. The van der Waals surface area contributed by atoms with Crippen LogP contribution in [0.1, 0.15) is 64.5 Å².